The van der Waals surface area contributed by atoms with Crippen molar-refractivity contribution in [1.29, 1.82) is 0 Å². The first-order chi connectivity index (χ1) is 5.07. The molecule has 0 aromatic rings. The Morgan fingerprint density at radius 2 is 2.00 bits per heavy atom. The first kappa shape index (κ1) is 10.8. The number of rotatable bonds is 5. The number of hydrogen-bond donors (Lipinski definition) is 1. The number of nitrogens with one attached hydrogen (secondary N) is 1. The van der Waals surface area contributed by atoms with Crippen LogP contribution < -0.4 is 4.72 Å². The third-order valence-corrected chi connectivity index (χ3v) is 2.12. The summed E-state index contributed by atoms with van der Waals surface area (Å²) in [5, 5.41) is 0. The molecule has 0 heterocycles. The van der Waals surface area contributed by atoms with Crippen LogP contribution in [0.5, 0.6) is 0 Å². The van der Waals surface area contributed by atoms with E-state index in [0.717, 1.165) is 11.3 Å². The molecule has 0 rings (SSSR count). The molecule has 0 bridgehead atoms. The van der Waals surface area contributed by atoms with E-state index in [1.807, 2.05) is 7.05 Å². The Kier molecular flexibility index (Phi) is 5.34. The molecule has 0 spiro atoms. The molecule has 0 aliphatic carbocycles. The maximum Gasteiger partial charge on any atom is -0.00000577 e. The minimum atomic E-state index is 0.559. The van der Waals surface area contributed by atoms with Gasteiger partial charge in [-0.05, 0) is 24.3 Å². The van der Waals surface area contributed by atoms with Crippen molar-refractivity contribution in [3.63, 3.8) is 0 Å². The molecule has 0 aromatic heterocycles. The third kappa shape index (κ3) is 5.10. The second-order valence-corrected chi connectivity index (χ2v) is 4.02. The highest BCUT2D eigenvalue weighted by atomic mass is 32.2. The molecule has 0 radical (unpaired) electrons. The third-order valence-electron chi connectivity index (χ3n) is 1.49. The molecule has 64 valence electrons. The Morgan fingerprint density at radius 3 is 2.36 bits per heavy atom. The second-order valence-electron chi connectivity index (χ2n) is 2.83. The van der Waals surface area contributed by atoms with E-state index in [9.17, 15) is 0 Å². The maximum absolute atomic E-state index is 3.97. The summed E-state index contributed by atoms with van der Waals surface area (Å²) >= 11 is 1.57. The van der Waals surface area contributed by atoms with Crippen molar-refractivity contribution in [2.75, 3.05) is 7.05 Å². The van der Waals surface area contributed by atoms with Crippen molar-refractivity contribution in [2.45, 2.75) is 20.3 Å². The molecular formula is C9H17NS. The Balaban J connectivity index is 3.67. The first-order valence-electron chi connectivity index (χ1n) is 3.77. The Hall–Kier alpha value is -0.210. The normalized spacial score (nSPS) is 10.2. The molecular weight excluding hydrogens is 154 g/mol. The van der Waals surface area contributed by atoms with Crippen LogP contribution in [0.4, 0.5) is 0 Å². The molecule has 0 saturated carbocycles. The van der Waals surface area contributed by atoms with E-state index >= 15 is 0 Å². The molecule has 0 aromatic carbocycles. The Morgan fingerprint density at radius 1 is 1.45 bits per heavy atom. The van der Waals surface area contributed by atoms with Gasteiger partial charge in [0.05, 0.1) is 0 Å². The van der Waals surface area contributed by atoms with Gasteiger partial charge in [0.15, 0.2) is 0 Å². The van der Waals surface area contributed by atoms with Crippen LogP contribution in [0, 0.1) is 5.92 Å². The van der Waals surface area contributed by atoms with E-state index in [4.69, 9.17) is 0 Å². The molecule has 1 N–H and O–H groups in total. The molecule has 0 atom stereocenters. The first-order valence-corrected chi connectivity index (χ1v) is 4.58. The fourth-order valence-corrected chi connectivity index (χ4v) is 1.18. The van der Waals surface area contributed by atoms with Crippen LogP contribution in [-0.4, -0.2) is 7.05 Å². The minimum Gasteiger partial charge on any atom is -0.263 e. The van der Waals surface area contributed by atoms with Crippen LogP contribution >= 0.6 is 11.9 Å². The highest BCUT2D eigenvalue weighted by molar-refractivity contribution is 8.01. The predicted octanol–water partition coefficient (Wildman–Crippen LogP) is 2.97. The molecule has 0 fully saturated rings. The van der Waals surface area contributed by atoms with E-state index in [-0.39, 0.29) is 0 Å². The van der Waals surface area contributed by atoms with Crippen LogP contribution in [-0.2, 0) is 0 Å². The summed E-state index contributed by atoms with van der Waals surface area (Å²) in [6.07, 6.45) is 0.920. The zero-order valence-electron chi connectivity index (χ0n) is 7.61. The van der Waals surface area contributed by atoms with Crippen LogP contribution in [0.3, 0.4) is 0 Å². The highest BCUT2D eigenvalue weighted by Gasteiger charge is 2.01. The summed E-state index contributed by atoms with van der Waals surface area (Å²) in [5.41, 5.74) is 1.25. The van der Waals surface area contributed by atoms with Crippen molar-refractivity contribution >= 4 is 11.9 Å². The quantitative estimate of drug-likeness (QED) is 0.504. The van der Waals surface area contributed by atoms with E-state index < -0.39 is 0 Å². The van der Waals surface area contributed by atoms with Crippen molar-refractivity contribution in [1.82, 2.24) is 4.72 Å². The Labute approximate surface area is 74.1 Å². The van der Waals surface area contributed by atoms with Crippen LogP contribution in [0.2, 0.25) is 0 Å². The molecule has 0 saturated heterocycles. The van der Waals surface area contributed by atoms with Gasteiger partial charge in [-0.25, -0.2) is 0 Å². The molecule has 0 amide bonds. The van der Waals surface area contributed by atoms with E-state index in [1.165, 1.54) is 5.57 Å². The molecule has 0 aliphatic rings. The molecule has 11 heavy (non-hydrogen) atoms. The summed E-state index contributed by atoms with van der Waals surface area (Å²) < 4.78 is 2.99. The van der Waals surface area contributed by atoms with Crippen LogP contribution in [0.1, 0.15) is 20.3 Å². The van der Waals surface area contributed by atoms with Gasteiger partial charge in [0.1, 0.15) is 0 Å². The van der Waals surface area contributed by atoms with Gasteiger partial charge in [0.25, 0.3) is 0 Å². The fraction of sp³-hybridized carbons (Fsp3) is 0.556. The lowest BCUT2D eigenvalue weighted by atomic mass is 10.0. The lowest BCUT2D eigenvalue weighted by Gasteiger charge is -2.09. The molecule has 0 aliphatic heterocycles. The summed E-state index contributed by atoms with van der Waals surface area (Å²) in [5.74, 6) is 0.559. The van der Waals surface area contributed by atoms with Gasteiger partial charge in [-0.3, -0.25) is 4.72 Å². The van der Waals surface area contributed by atoms with E-state index in [1.54, 1.807) is 11.9 Å². The number of allylic oxidation sites excluding steroid dienone is 2. The van der Waals surface area contributed by atoms with E-state index in [0.29, 0.717) is 5.92 Å². The van der Waals surface area contributed by atoms with Gasteiger partial charge >= 0.3 is 0 Å². The SMILES string of the molecule is C=C(CC(=C)C(C)C)SNC. The van der Waals surface area contributed by atoms with Crippen molar-refractivity contribution in [2.24, 2.45) is 5.92 Å². The monoisotopic (exact) mass is 171 g/mol. The Bertz CT molecular complexity index is 150. The highest BCUT2D eigenvalue weighted by Crippen LogP contribution is 2.21. The fourth-order valence-electron chi connectivity index (χ4n) is 0.638. The zero-order valence-corrected chi connectivity index (χ0v) is 8.42. The van der Waals surface area contributed by atoms with Crippen LogP contribution in [0.15, 0.2) is 23.6 Å². The predicted molar refractivity (Wildman–Crippen MR) is 54.4 cm³/mol. The minimum absolute atomic E-state index is 0.559. The number of hydrogen-bond acceptors (Lipinski definition) is 2. The largest absolute Gasteiger partial charge is 0.263 e. The average molecular weight is 171 g/mol. The molecule has 2 heteroatoms. The second kappa shape index (κ2) is 5.44. The van der Waals surface area contributed by atoms with Gasteiger partial charge in [0, 0.05) is 0 Å². The average Bonchev–Trinajstić information content (AvgIpc) is 1.87. The van der Waals surface area contributed by atoms with Gasteiger partial charge < -0.3 is 0 Å². The summed E-state index contributed by atoms with van der Waals surface area (Å²) in [7, 11) is 1.90. The standard InChI is InChI=1S/C9H17NS/c1-7(2)8(3)6-9(4)11-10-5/h7,10H,3-4,6H2,1-2,5H3. The lowest BCUT2D eigenvalue weighted by molar-refractivity contribution is 0.750. The lowest BCUT2D eigenvalue weighted by Crippen LogP contribution is -1.96. The summed E-state index contributed by atoms with van der Waals surface area (Å²) in [4.78, 5) is 1.13. The topological polar surface area (TPSA) is 12.0 Å². The molecule has 1 nitrogen and oxygen atoms in total. The zero-order chi connectivity index (χ0) is 8.85. The van der Waals surface area contributed by atoms with Gasteiger partial charge in [-0.2, -0.15) is 0 Å². The summed E-state index contributed by atoms with van der Waals surface area (Å²) in [6, 6.07) is 0. The van der Waals surface area contributed by atoms with Crippen molar-refractivity contribution in [3.8, 4) is 0 Å². The van der Waals surface area contributed by atoms with Gasteiger partial charge in [-0.1, -0.05) is 44.5 Å². The van der Waals surface area contributed by atoms with Crippen LogP contribution in [0.25, 0.3) is 0 Å². The van der Waals surface area contributed by atoms with Crippen molar-refractivity contribution in [3.05, 3.63) is 23.6 Å². The van der Waals surface area contributed by atoms with Crippen molar-refractivity contribution < 1.29 is 0 Å². The van der Waals surface area contributed by atoms with Gasteiger partial charge in [-0.15, -0.1) is 0 Å². The summed E-state index contributed by atoms with van der Waals surface area (Å²) in [6.45, 7) is 12.2. The maximum atomic E-state index is 3.97. The smallest absolute Gasteiger partial charge is 0.00000577 e. The molecule has 0 unspecified atom stereocenters. The van der Waals surface area contributed by atoms with E-state index in [2.05, 4.69) is 31.7 Å². The van der Waals surface area contributed by atoms with Gasteiger partial charge in [0.2, 0.25) is 0 Å².